The molecule has 1 aliphatic carbocycles. The second-order valence-corrected chi connectivity index (χ2v) is 8.89. The highest BCUT2D eigenvalue weighted by molar-refractivity contribution is 7.14. The van der Waals surface area contributed by atoms with Crippen LogP contribution in [0.3, 0.4) is 0 Å². The lowest BCUT2D eigenvalue weighted by Gasteiger charge is -2.39. The van der Waals surface area contributed by atoms with Crippen LogP contribution in [0.5, 0.6) is 23.0 Å². The highest BCUT2D eigenvalue weighted by Gasteiger charge is 2.40. The molecule has 2 aliphatic rings. The molecule has 8 heteroatoms. The Hall–Kier alpha value is -3.26. The van der Waals surface area contributed by atoms with E-state index in [2.05, 4.69) is 15.2 Å². The molecular weight excluding hydrogens is 426 g/mol. The Kier molecular flexibility index (Phi) is 5.61. The fourth-order valence-corrected chi connectivity index (χ4v) is 4.76. The quantitative estimate of drug-likeness (QED) is 0.517. The summed E-state index contributed by atoms with van der Waals surface area (Å²) in [6, 6.07) is 12.7. The highest BCUT2D eigenvalue weighted by Crippen LogP contribution is 2.43. The first-order chi connectivity index (χ1) is 15.7. The Bertz CT molecular complexity index is 1120. The van der Waals surface area contributed by atoms with E-state index in [9.17, 15) is 4.79 Å². The molecule has 2 fully saturated rings. The predicted molar refractivity (Wildman–Crippen MR) is 125 cm³/mol. The third kappa shape index (κ3) is 4.10. The number of nitrogens with one attached hydrogen (secondary N) is 1. The summed E-state index contributed by atoms with van der Waals surface area (Å²) in [5, 5.41) is 5.62. The number of benzene rings is 2. The van der Waals surface area contributed by atoms with Gasteiger partial charge in [-0.15, -0.1) is 11.3 Å². The molecule has 0 unspecified atom stereocenters. The molecule has 0 atom stereocenters. The van der Waals surface area contributed by atoms with Gasteiger partial charge >= 0.3 is 0 Å². The zero-order valence-electron chi connectivity index (χ0n) is 18.0. The van der Waals surface area contributed by atoms with E-state index >= 15 is 0 Å². The van der Waals surface area contributed by atoms with E-state index in [1.165, 1.54) is 24.2 Å². The van der Waals surface area contributed by atoms with Gasteiger partial charge in [-0.3, -0.25) is 4.79 Å². The smallest absolute Gasteiger partial charge is 0.275 e. The van der Waals surface area contributed by atoms with Crippen LogP contribution in [-0.2, 0) is 0 Å². The van der Waals surface area contributed by atoms with Crippen molar-refractivity contribution in [3.63, 3.8) is 0 Å². The topological polar surface area (TPSA) is 72.9 Å². The average molecular weight is 452 g/mol. The molecule has 1 aromatic heterocycles. The SMILES string of the molecule is COc1ccccc1Oc1cccc(OC)c1NC(=O)c1csc(N2CC(C3CC3)C2)n1. The second-order valence-electron chi connectivity index (χ2n) is 8.06. The molecule has 0 radical (unpaired) electrons. The molecule has 166 valence electrons. The maximum absolute atomic E-state index is 13.0. The molecule has 7 nitrogen and oxygen atoms in total. The Morgan fingerprint density at radius 2 is 1.66 bits per heavy atom. The molecule has 0 bridgehead atoms. The van der Waals surface area contributed by atoms with Gasteiger partial charge in [0, 0.05) is 18.5 Å². The summed E-state index contributed by atoms with van der Waals surface area (Å²) in [6.45, 7) is 2.09. The normalized spacial score (nSPS) is 15.8. The maximum Gasteiger partial charge on any atom is 0.275 e. The van der Waals surface area contributed by atoms with E-state index in [1.807, 2.05) is 18.2 Å². The van der Waals surface area contributed by atoms with E-state index in [-0.39, 0.29) is 5.91 Å². The number of carbonyl (C=O) groups is 1. The summed E-state index contributed by atoms with van der Waals surface area (Å²) in [7, 11) is 3.14. The molecule has 1 N–H and O–H groups in total. The number of methoxy groups -OCH3 is 2. The number of thiazole rings is 1. The van der Waals surface area contributed by atoms with Gasteiger partial charge in [0.05, 0.1) is 14.2 Å². The zero-order chi connectivity index (χ0) is 22.1. The van der Waals surface area contributed by atoms with Crippen LogP contribution in [0.15, 0.2) is 47.8 Å². The summed E-state index contributed by atoms with van der Waals surface area (Å²) in [4.78, 5) is 19.8. The largest absolute Gasteiger partial charge is 0.494 e. The lowest BCUT2D eigenvalue weighted by Crippen LogP contribution is -2.47. The Morgan fingerprint density at radius 3 is 2.38 bits per heavy atom. The molecule has 32 heavy (non-hydrogen) atoms. The number of ether oxygens (including phenoxy) is 3. The third-order valence-corrected chi connectivity index (χ3v) is 6.83. The zero-order valence-corrected chi connectivity index (χ0v) is 18.9. The van der Waals surface area contributed by atoms with Gasteiger partial charge < -0.3 is 24.4 Å². The van der Waals surface area contributed by atoms with Crippen LogP contribution in [0.2, 0.25) is 0 Å². The number of anilines is 2. The Balaban J connectivity index is 1.33. The molecule has 2 heterocycles. The van der Waals surface area contributed by atoms with Crippen LogP contribution in [0.25, 0.3) is 0 Å². The second kappa shape index (κ2) is 8.70. The molecule has 0 spiro atoms. The van der Waals surface area contributed by atoms with E-state index in [1.54, 1.807) is 43.9 Å². The van der Waals surface area contributed by atoms with E-state index in [0.717, 1.165) is 30.1 Å². The molecule has 2 aromatic carbocycles. The summed E-state index contributed by atoms with van der Waals surface area (Å²) in [5.41, 5.74) is 0.826. The van der Waals surface area contributed by atoms with Gasteiger partial charge in [0.25, 0.3) is 5.91 Å². The van der Waals surface area contributed by atoms with Crippen molar-refractivity contribution in [2.75, 3.05) is 37.5 Å². The Labute approximate surface area is 190 Å². The first kappa shape index (κ1) is 20.6. The van der Waals surface area contributed by atoms with Gasteiger partial charge in [-0.2, -0.15) is 0 Å². The number of amides is 1. The number of aromatic nitrogens is 1. The van der Waals surface area contributed by atoms with Gasteiger partial charge in [0.2, 0.25) is 0 Å². The first-order valence-electron chi connectivity index (χ1n) is 10.7. The lowest BCUT2D eigenvalue weighted by molar-refractivity contribution is 0.102. The van der Waals surface area contributed by atoms with E-state index in [4.69, 9.17) is 14.2 Å². The molecule has 1 saturated heterocycles. The molecule has 1 amide bonds. The fraction of sp³-hybridized carbons (Fsp3) is 0.333. The summed E-state index contributed by atoms with van der Waals surface area (Å²) < 4.78 is 16.9. The third-order valence-electron chi connectivity index (χ3n) is 5.93. The minimum absolute atomic E-state index is 0.304. The van der Waals surface area contributed by atoms with Crippen LogP contribution in [0.4, 0.5) is 10.8 Å². The van der Waals surface area contributed by atoms with Crippen LogP contribution >= 0.6 is 11.3 Å². The number of hydrogen-bond acceptors (Lipinski definition) is 7. The van der Waals surface area contributed by atoms with Gasteiger partial charge in [0.1, 0.15) is 17.1 Å². The number of carbonyl (C=O) groups excluding carboxylic acids is 1. The number of para-hydroxylation sites is 3. The Morgan fingerprint density at radius 1 is 0.969 bits per heavy atom. The van der Waals surface area contributed by atoms with E-state index < -0.39 is 0 Å². The average Bonchev–Trinajstić information content (AvgIpc) is 3.49. The number of hydrogen-bond donors (Lipinski definition) is 1. The molecule has 3 aromatic rings. The molecule has 5 rings (SSSR count). The van der Waals surface area contributed by atoms with Gasteiger partial charge in [-0.25, -0.2) is 4.98 Å². The van der Waals surface area contributed by atoms with Crippen molar-refractivity contribution in [1.29, 1.82) is 0 Å². The van der Waals surface area contributed by atoms with Crippen molar-refractivity contribution in [3.05, 3.63) is 53.5 Å². The monoisotopic (exact) mass is 451 g/mol. The van der Waals surface area contributed by atoms with Crippen LogP contribution in [0.1, 0.15) is 23.3 Å². The minimum atomic E-state index is -0.304. The van der Waals surface area contributed by atoms with Crippen molar-refractivity contribution in [1.82, 2.24) is 4.98 Å². The predicted octanol–water partition coefficient (Wildman–Crippen LogP) is 5.05. The van der Waals surface area contributed by atoms with Crippen LogP contribution < -0.4 is 24.4 Å². The molecular formula is C24H25N3O4S. The minimum Gasteiger partial charge on any atom is -0.494 e. The maximum atomic E-state index is 13.0. The van der Waals surface area contributed by atoms with Crippen molar-refractivity contribution in [3.8, 4) is 23.0 Å². The highest BCUT2D eigenvalue weighted by atomic mass is 32.1. The lowest BCUT2D eigenvalue weighted by atomic mass is 9.95. The molecule has 1 aliphatic heterocycles. The van der Waals surface area contributed by atoms with Crippen molar-refractivity contribution >= 4 is 28.1 Å². The van der Waals surface area contributed by atoms with Crippen molar-refractivity contribution in [2.24, 2.45) is 11.8 Å². The van der Waals surface area contributed by atoms with Crippen LogP contribution in [0, 0.1) is 11.8 Å². The summed E-state index contributed by atoms with van der Waals surface area (Å²) in [6.07, 6.45) is 2.73. The van der Waals surface area contributed by atoms with Crippen molar-refractivity contribution < 1.29 is 19.0 Å². The van der Waals surface area contributed by atoms with Crippen LogP contribution in [-0.4, -0.2) is 38.2 Å². The standard InChI is InChI=1S/C24H25N3O4S/c1-29-18-6-3-4-7-19(18)31-21-9-5-8-20(30-2)22(21)26-23(28)17-14-32-24(25-17)27-12-16(13-27)15-10-11-15/h3-9,14-16H,10-13H2,1-2H3,(H,26,28). The first-order valence-corrected chi connectivity index (χ1v) is 11.5. The summed E-state index contributed by atoms with van der Waals surface area (Å²) >= 11 is 1.50. The van der Waals surface area contributed by atoms with Gasteiger partial charge in [0.15, 0.2) is 22.4 Å². The van der Waals surface area contributed by atoms with Gasteiger partial charge in [-0.05, 0) is 48.9 Å². The van der Waals surface area contributed by atoms with E-state index in [0.29, 0.717) is 34.4 Å². The molecule has 1 saturated carbocycles. The summed E-state index contributed by atoms with van der Waals surface area (Å²) in [5.74, 6) is 3.47. The number of nitrogens with zero attached hydrogens (tertiary/aromatic N) is 2. The van der Waals surface area contributed by atoms with Gasteiger partial charge in [-0.1, -0.05) is 18.2 Å². The number of rotatable bonds is 8. The fourth-order valence-electron chi connectivity index (χ4n) is 3.94. The van der Waals surface area contributed by atoms with Crippen molar-refractivity contribution in [2.45, 2.75) is 12.8 Å².